The van der Waals surface area contributed by atoms with Gasteiger partial charge in [-0.2, -0.15) is 5.10 Å². The third kappa shape index (κ3) is 2.16. The Kier molecular flexibility index (Phi) is 3.20. The van der Waals surface area contributed by atoms with Crippen molar-refractivity contribution < 1.29 is 9.50 Å². The first kappa shape index (κ1) is 14.6. The van der Waals surface area contributed by atoms with Crippen LogP contribution in [0.4, 0.5) is 4.39 Å². The van der Waals surface area contributed by atoms with Crippen LogP contribution in [-0.2, 0) is 6.42 Å². The maximum Gasteiger partial charge on any atom is 0.123 e. The molecule has 3 unspecified atom stereocenters. The van der Waals surface area contributed by atoms with Crippen LogP contribution >= 0.6 is 0 Å². The molecule has 0 spiro atoms. The van der Waals surface area contributed by atoms with Crippen LogP contribution in [0.2, 0.25) is 0 Å². The van der Waals surface area contributed by atoms with Gasteiger partial charge in [0.05, 0.1) is 23.7 Å². The highest BCUT2D eigenvalue weighted by atomic mass is 19.1. The number of aliphatic hydroxyl groups excluding tert-OH is 1. The maximum absolute atomic E-state index is 13.1. The number of hydrogen-bond donors (Lipinski definition) is 1. The van der Waals surface area contributed by atoms with Crippen LogP contribution in [0.3, 0.4) is 0 Å². The monoisotopic (exact) mass is 312 g/mol. The molecule has 0 aliphatic heterocycles. The number of aromatic nitrogens is 2. The predicted octanol–water partition coefficient (Wildman–Crippen LogP) is 3.75. The van der Waals surface area contributed by atoms with Crippen molar-refractivity contribution in [1.82, 2.24) is 9.78 Å². The highest BCUT2D eigenvalue weighted by Gasteiger charge is 2.47. The summed E-state index contributed by atoms with van der Waals surface area (Å²) in [6.45, 7) is 4.16. The van der Waals surface area contributed by atoms with Crippen molar-refractivity contribution in [3.05, 3.63) is 53.1 Å². The van der Waals surface area contributed by atoms with Crippen molar-refractivity contribution in [2.24, 2.45) is 11.3 Å². The van der Waals surface area contributed by atoms with E-state index in [2.05, 4.69) is 18.1 Å². The van der Waals surface area contributed by atoms with E-state index in [0.717, 1.165) is 30.6 Å². The van der Waals surface area contributed by atoms with Gasteiger partial charge in [-0.1, -0.05) is 12.5 Å². The second kappa shape index (κ2) is 5.03. The first-order chi connectivity index (χ1) is 11.0. The molecule has 2 aliphatic carbocycles. The fourth-order valence-corrected chi connectivity index (χ4v) is 4.44. The number of rotatable bonds is 2. The van der Waals surface area contributed by atoms with Gasteiger partial charge < -0.3 is 5.11 Å². The van der Waals surface area contributed by atoms with E-state index >= 15 is 0 Å². The van der Waals surface area contributed by atoms with Crippen LogP contribution in [0, 0.1) is 17.2 Å². The average molecular weight is 312 g/mol. The summed E-state index contributed by atoms with van der Waals surface area (Å²) in [6.07, 6.45) is 6.82. The summed E-state index contributed by atoms with van der Waals surface area (Å²) in [4.78, 5) is 0. The van der Waals surface area contributed by atoms with E-state index in [1.165, 1.54) is 23.3 Å². The predicted molar refractivity (Wildman–Crippen MR) is 87.7 cm³/mol. The summed E-state index contributed by atoms with van der Waals surface area (Å²) in [5, 5.41) is 14.6. The fraction of sp³-hybridized carbons (Fsp3) is 0.421. The maximum atomic E-state index is 13.1. The van der Waals surface area contributed by atoms with Crippen molar-refractivity contribution in [3.8, 4) is 5.69 Å². The number of allylic oxidation sites excluding steroid dienone is 1. The number of fused-ring (bicyclic) bond motifs is 2. The molecule has 23 heavy (non-hydrogen) atoms. The zero-order chi connectivity index (χ0) is 16.2. The van der Waals surface area contributed by atoms with Crippen molar-refractivity contribution in [1.29, 1.82) is 0 Å². The van der Waals surface area contributed by atoms with E-state index in [-0.39, 0.29) is 17.3 Å². The van der Waals surface area contributed by atoms with Crippen LogP contribution in [0.15, 0.2) is 36.0 Å². The van der Waals surface area contributed by atoms with E-state index in [1.807, 2.05) is 17.8 Å². The minimum Gasteiger partial charge on any atom is -0.393 e. The Morgan fingerprint density at radius 3 is 2.78 bits per heavy atom. The number of hydrogen-bond acceptors (Lipinski definition) is 2. The molecular formula is C19H21FN2O. The van der Waals surface area contributed by atoms with E-state index in [9.17, 15) is 9.50 Å². The summed E-state index contributed by atoms with van der Waals surface area (Å²) >= 11 is 0. The third-order valence-corrected chi connectivity index (χ3v) is 5.68. The molecule has 3 nitrogen and oxygen atoms in total. The Balaban J connectivity index is 1.77. The quantitative estimate of drug-likeness (QED) is 0.917. The molecule has 1 heterocycles. The largest absolute Gasteiger partial charge is 0.393 e. The minimum atomic E-state index is -0.292. The van der Waals surface area contributed by atoms with Gasteiger partial charge in [0.15, 0.2) is 0 Å². The van der Waals surface area contributed by atoms with Crippen molar-refractivity contribution in [2.75, 3.05) is 0 Å². The number of halogens is 1. The number of benzene rings is 1. The molecule has 4 heteroatoms. The molecule has 1 N–H and O–H groups in total. The molecular weight excluding hydrogens is 291 g/mol. The molecule has 120 valence electrons. The Morgan fingerprint density at radius 1 is 1.35 bits per heavy atom. The normalized spacial score (nSPS) is 27.3. The van der Waals surface area contributed by atoms with Crippen molar-refractivity contribution in [2.45, 2.75) is 39.2 Å². The summed E-state index contributed by atoms with van der Waals surface area (Å²) < 4.78 is 15.0. The number of aliphatic hydroxyl groups is 1. The lowest BCUT2D eigenvalue weighted by Crippen LogP contribution is -2.34. The Labute approximate surface area is 135 Å². The Bertz CT molecular complexity index is 775. The fourth-order valence-electron chi connectivity index (χ4n) is 4.44. The lowest BCUT2D eigenvalue weighted by Gasteiger charge is -2.37. The third-order valence-electron chi connectivity index (χ3n) is 5.68. The van der Waals surface area contributed by atoms with Crippen molar-refractivity contribution in [3.63, 3.8) is 0 Å². The molecule has 1 aromatic carbocycles. The van der Waals surface area contributed by atoms with E-state index in [0.29, 0.717) is 5.92 Å². The molecule has 1 aromatic heterocycles. The standard InChI is InChI=1S/C19H21FN2O/c1-12(23)17-8-3-14-9-18-13(10-19(14,17)2)11-21-22(18)16-6-4-15(20)5-7-16/h4-7,9,11-12,17,23H,3,8,10H2,1-2H3. The molecule has 0 amide bonds. The zero-order valence-electron chi connectivity index (χ0n) is 13.5. The first-order valence-electron chi connectivity index (χ1n) is 8.21. The lowest BCUT2D eigenvalue weighted by atomic mass is 9.68. The van der Waals surface area contributed by atoms with E-state index in [1.54, 1.807) is 12.1 Å². The van der Waals surface area contributed by atoms with Gasteiger partial charge >= 0.3 is 0 Å². The topological polar surface area (TPSA) is 38.1 Å². The van der Waals surface area contributed by atoms with Crippen LogP contribution in [0.25, 0.3) is 11.8 Å². The summed E-state index contributed by atoms with van der Waals surface area (Å²) in [5.41, 5.74) is 4.60. The second-order valence-electron chi connectivity index (χ2n) is 7.09. The Hall–Kier alpha value is -1.94. The highest BCUT2D eigenvalue weighted by molar-refractivity contribution is 5.61. The van der Waals surface area contributed by atoms with Crippen molar-refractivity contribution >= 4 is 6.08 Å². The molecule has 0 bridgehead atoms. The van der Waals surface area contributed by atoms with Gasteiger partial charge in [0.25, 0.3) is 0 Å². The summed E-state index contributed by atoms with van der Waals surface area (Å²) in [5.74, 6) is 0.0624. The van der Waals surface area contributed by atoms with Gasteiger partial charge in [0, 0.05) is 0 Å². The number of nitrogens with zero attached hydrogens (tertiary/aromatic N) is 2. The van der Waals surface area contributed by atoms with E-state index in [4.69, 9.17) is 0 Å². The lowest BCUT2D eigenvalue weighted by molar-refractivity contribution is 0.0708. The average Bonchev–Trinajstić information content (AvgIpc) is 3.05. The van der Waals surface area contributed by atoms with Crippen LogP contribution < -0.4 is 0 Å². The van der Waals surface area contributed by atoms with E-state index < -0.39 is 0 Å². The van der Waals surface area contributed by atoms with Crippen LogP contribution in [0.5, 0.6) is 0 Å². The van der Waals surface area contributed by atoms with Gasteiger partial charge in [0.1, 0.15) is 5.82 Å². The summed E-state index contributed by atoms with van der Waals surface area (Å²) in [6, 6.07) is 6.43. The molecule has 2 aliphatic rings. The van der Waals surface area contributed by atoms with Crippen LogP contribution in [0.1, 0.15) is 37.9 Å². The van der Waals surface area contributed by atoms with Gasteiger partial charge in [-0.25, -0.2) is 9.07 Å². The molecule has 3 atom stereocenters. The molecule has 1 fully saturated rings. The van der Waals surface area contributed by atoms with Gasteiger partial charge in [0.2, 0.25) is 0 Å². The first-order valence-corrected chi connectivity index (χ1v) is 8.21. The molecule has 0 saturated heterocycles. The zero-order valence-corrected chi connectivity index (χ0v) is 13.5. The smallest absolute Gasteiger partial charge is 0.123 e. The molecule has 2 aromatic rings. The molecule has 4 rings (SSSR count). The van der Waals surface area contributed by atoms with Gasteiger partial charge in [-0.3, -0.25) is 0 Å². The molecule has 1 saturated carbocycles. The van der Waals surface area contributed by atoms with Gasteiger partial charge in [-0.05, 0) is 73.4 Å². The second-order valence-corrected chi connectivity index (χ2v) is 7.09. The summed E-state index contributed by atoms with van der Waals surface area (Å²) in [7, 11) is 0. The molecule has 0 radical (unpaired) electrons. The SMILES string of the molecule is CC(O)C1CCC2=Cc3c(cnn3-c3ccc(F)cc3)CC21C. The minimum absolute atomic E-state index is 0.0256. The highest BCUT2D eigenvalue weighted by Crippen LogP contribution is 2.54. The Morgan fingerprint density at radius 2 is 2.09 bits per heavy atom. The van der Waals surface area contributed by atoms with Gasteiger partial charge in [-0.15, -0.1) is 0 Å². The van der Waals surface area contributed by atoms with Crippen LogP contribution in [-0.4, -0.2) is 21.0 Å².